The van der Waals surface area contributed by atoms with Gasteiger partial charge in [-0.05, 0) is 31.4 Å². The summed E-state index contributed by atoms with van der Waals surface area (Å²) in [6.07, 6.45) is 3.16. The molecule has 1 aromatic carbocycles. The SMILES string of the molecule is C=CC(=O)N1CCC(C(=O)NC2CC(C)(F)C2)(c2ccccc2)CC1. The number of rotatable bonds is 4. The number of hydrogen-bond donors (Lipinski definition) is 1. The van der Waals surface area contributed by atoms with Gasteiger partial charge in [0.1, 0.15) is 5.67 Å². The summed E-state index contributed by atoms with van der Waals surface area (Å²) >= 11 is 0. The highest BCUT2D eigenvalue weighted by Crippen LogP contribution is 2.39. The summed E-state index contributed by atoms with van der Waals surface area (Å²) in [5.74, 6) is -0.154. The van der Waals surface area contributed by atoms with E-state index < -0.39 is 11.1 Å². The Balaban J connectivity index is 1.78. The molecular formula is C20H25FN2O2. The van der Waals surface area contributed by atoms with Crippen molar-refractivity contribution in [1.29, 1.82) is 0 Å². The van der Waals surface area contributed by atoms with Crippen LogP contribution in [-0.4, -0.2) is 41.5 Å². The second kappa shape index (κ2) is 6.62. The predicted molar refractivity (Wildman–Crippen MR) is 94.8 cm³/mol. The third kappa shape index (κ3) is 3.46. The number of carbonyl (C=O) groups excluding carboxylic acids is 2. The molecule has 1 heterocycles. The number of likely N-dealkylation sites (tertiary alicyclic amines) is 1. The molecule has 4 nitrogen and oxygen atoms in total. The van der Waals surface area contributed by atoms with Gasteiger partial charge in [-0.15, -0.1) is 0 Å². The van der Waals surface area contributed by atoms with Crippen LogP contribution in [0.5, 0.6) is 0 Å². The molecule has 0 bridgehead atoms. The first-order chi connectivity index (χ1) is 11.9. The lowest BCUT2D eigenvalue weighted by atomic mass is 9.70. The number of nitrogens with zero attached hydrogens (tertiary/aromatic N) is 1. The van der Waals surface area contributed by atoms with E-state index in [1.54, 1.807) is 11.8 Å². The van der Waals surface area contributed by atoms with E-state index in [1.807, 2.05) is 30.3 Å². The van der Waals surface area contributed by atoms with Gasteiger partial charge < -0.3 is 10.2 Å². The molecule has 0 atom stereocenters. The lowest BCUT2D eigenvalue weighted by molar-refractivity contribution is -0.135. The zero-order valence-corrected chi connectivity index (χ0v) is 14.6. The van der Waals surface area contributed by atoms with Gasteiger partial charge in [0.2, 0.25) is 11.8 Å². The fourth-order valence-electron chi connectivity index (χ4n) is 4.04. The number of hydrogen-bond acceptors (Lipinski definition) is 2. The molecule has 0 spiro atoms. The van der Waals surface area contributed by atoms with Gasteiger partial charge in [0.05, 0.1) is 5.41 Å². The van der Waals surface area contributed by atoms with Gasteiger partial charge in [0.15, 0.2) is 0 Å². The molecule has 1 saturated heterocycles. The van der Waals surface area contributed by atoms with E-state index in [0.717, 1.165) is 5.56 Å². The maximum absolute atomic E-state index is 13.7. The summed E-state index contributed by atoms with van der Waals surface area (Å²) in [5.41, 5.74) is -0.875. The van der Waals surface area contributed by atoms with Crippen molar-refractivity contribution in [2.75, 3.05) is 13.1 Å². The van der Waals surface area contributed by atoms with Crippen molar-refractivity contribution in [2.24, 2.45) is 0 Å². The molecule has 1 aromatic rings. The van der Waals surface area contributed by atoms with E-state index in [4.69, 9.17) is 0 Å². The number of piperidine rings is 1. The highest BCUT2D eigenvalue weighted by atomic mass is 19.1. The largest absolute Gasteiger partial charge is 0.352 e. The Labute approximate surface area is 148 Å². The Morgan fingerprint density at radius 3 is 2.36 bits per heavy atom. The fraction of sp³-hybridized carbons (Fsp3) is 0.500. The first-order valence-electron chi connectivity index (χ1n) is 8.83. The van der Waals surface area contributed by atoms with Crippen LogP contribution in [0.1, 0.15) is 38.2 Å². The van der Waals surface area contributed by atoms with E-state index in [0.29, 0.717) is 38.8 Å². The molecule has 3 rings (SSSR count). The van der Waals surface area contributed by atoms with Crippen molar-refractivity contribution in [2.45, 2.75) is 49.7 Å². The van der Waals surface area contributed by atoms with Crippen LogP contribution in [0.4, 0.5) is 4.39 Å². The molecule has 2 amide bonds. The van der Waals surface area contributed by atoms with Gasteiger partial charge in [-0.2, -0.15) is 0 Å². The number of nitrogens with one attached hydrogen (secondary N) is 1. The molecule has 134 valence electrons. The van der Waals surface area contributed by atoms with Crippen LogP contribution in [0.15, 0.2) is 43.0 Å². The first kappa shape index (κ1) is 17.6. The van der Waals surface area contributed by atoms with Crippen LogP contribution in [0.3, 0.4) is 0 Å². The van der Waals surface area contributed by atoms with Crippen molar-refractivity contribution in [3.05, 3.63) is 48.6 Å². The van der Waals surface area contributed by atoms with Crippen LogP contribution in [0.2, 0.25) is 0 Å². The minimum absolute atomic E-state index is 0.0510. The van der Waals surface area contributed by atoms with Crippen LogP contribution < -0.4 is 5.32 Å². The average Bonchev–Trinajstić information content (AvgIpc) is 2.60. The van der Waals surface area contributed by atoms with Crippen LogP contribution >= 0.6 is 0 Å². The lowest BCUT2D eigenvalue weighted by Crippen LogP contribution is -2.58. The Morgan fingerprint density at radius 1 is 1.24 bits per heavy atom. The summed E-state index contributed by atoms with van der Waals surface area (Å²) in [7, 11) is 0. The zero-order chi connectivity index (χ0) is 18.1. The molecule has 0 aromatic heterocycles. The summed E-state index contributed by atoms with van der Waals surface area (Å²) in [6.45, 7) is 6.13. The highest BCUT2D eigenvalue weighted by molar-refractivity contribution is 5.90. The number of halogens is 1. The number of alkyl halides is 1. The lowest BCUT2D eigenvalue weighted by Gasteiger charge is -2.44. The number of amides is 2. The Hall–Kier alpha value is -2.17. The maximum Gasteiger partial charge on any atom is 0.245 e. The van der Waals surface area contributed by atoms with Crippen molar-refractivity contribution < 1.29 is 14.0 Å². The molecule has 0 unspecified atom stereocenters. The molecule has 1 saturated carbocycles. The Kier molecular flexibility index (Phi) is 4.67. The smallest absolute Gasteiger partial charge is 0.245 e. The molecular weight excluding hydrogens is 319 g/mol. The van der Waals surface area contributed by atoms with Crippen molar-refractivity contribution >= 4 is 11.8 Å². The van der Waals surface area contributed by atoms with E-state index in [1.165, 1.54) is 6.08 Å². The Bertz CT molecular complexity index is 656. The highest BCUT2D eigenvalue weighted by Gasteiger charge is 2.47. The maximum atomic E-state index is 13.7. The van der Waals surface area contributed by atoms with Gasteiger partial charge in [0, 0.05) is 32.0 Å². The van der Waals surface area contributed by atoms with Crippen molar-refractivity contribution in [1.82, 2.24) is 10.2 Å². The van der Waals surface area contributed by atoms with Gasteiger partial charge in [-0.25, -0.2) is 4.39 Å². The van der Waals surface area contributed by atoms with Gasteiger partial charge in [0.25, 0.3) is 0 Å². The second-order valence-corrected chi connectivity index (χ2v) is 7.47. The molecule has 1 N–H and O–H groups in total. The van der Waals surface area contributed by atoms with E-state index >= 15 is 0 Å². The van der Waals surface area contributed by atoms with Gasteiger partial charge >= 0.3 is 0 Å². The standard InChI is InChI=1S/C20H25FN2O2/c1-3-17(24)23-11-9-20(10-12-23,15-7-5-4-6-8-15)18(25)22-16-13-19(2,21)14-16/h3-8,16H,1,9-14H2,2H3,(H,22,25). The monoisotopic (exact) mass is 344 g/mol. The van der Waals surface area contributed by atoms with E-state index in [-0.39, 0.29) is 17.9 Å². The number of carbonyl (C=O) groups is 2. The molecule has 25 heavy (non-hydrogen) atoms. The second-order valence-electron chi connectivity index (χ2n) is 7.47. The Morgan fingerprint density at radius 2 is 1.84 bits per heavy atom. The molecule has 1 aliphatic carbocycles. The van der Waals surface area contributed by atoms with Crippen LogP contribution in [-0.2, 0) is 15.0 Å². The van der Waals surface area contributed by atoms with E-state index in [2.05, 4.69) is 11.9 Å². The molecule has 2 aliphatic rings. The third-order valence-corrected chi connectivity index (χ3v) is 5.54. The first-order valence-corrected chi connectivity index (χ1v) is 8.83. The molecule has 2 fully saturated rings. The normalized spacial score (nSPS) is 27.9. The van der Waals surface area contributed by atoms with Crippen LogP contribution in [0.25, 0.3) is 0 Å². The van der Waals surface area contributed by atoms with Gasteiger partial charge in [-0.3, -0.25) is 9.59 Å². The van der Waals surface area contributed by atoms with Crippen molar-refractivity contribution in [3.8, 4) is 0 Å². The summed E-state index contributed by atoms with van der Waals surface area (Å²) in [4.78, 5) is 26.7. The van der Waals surface area contributed by atoms with Crippen molar-refractivity contribution in [3.63, 3.8) is 0 Å². The van der Waals surface area contributed by atoms with E-state index in [9.17, 15) is 14.0 Å². The summed E-state index contributed by atoms with van der Waals surface area (Å²) in [5, 5.41) is 3.04. The third-order valence-electron chi connectivity index (χ3n) is 5.54. The quantitative estimate of drug-likeness (QED) is 0.854. The summed E-state index contributed by atoms with van der Waals surface area (Å²) < 4.78 is 13.7. The number of benzene rings is 1. The average molecular weight is 344 g/mol. The minimum Gasteiger partial charge on any atom is -0.352 e. The van der Waals surface area contributed by atoms with Gasteiger partial charge in [-0.1, -0.05) is 36.9 Å². The minimum atomic E-state index is -1.17. The zero-order valence-electron chi connectivity index (χ0n) is 14.6. The molecule has 5 heteroatoms. The fourth-order valence-corrected chi connectivity index (χ4v) is 4.04. The predicted octanol–water partition coefficient (Wildman–Crippen LogP) is 2.74. The molecule has 0 radical (unpaired) electrons. The topological polar surface area (TPSA) is 49.4 Å². The van der Waals surface area contributed by atoms with Crippen LogP contribution in [0, 0.1) is 0 Å². The summed E-state index contributed by atoms with van der Waals surface area (Å²) in [6, 6.07) is 9.60. The molecule has 1 aliphatic heterocycles.